The minimum atomic E-state index is -0.937. The predicted molar refractivity (Wildman–Crippen MR) is 131 cm³/mol. The summed E-state index contributed by atoms with van der Waals surface area (Å²) in [6, 6.07) is 9.20. The summed E-state index contributed by atoms with van der Waals surface area (Å²) in [6.07, 6.45) is 5.32. The molecule has 0 saturated carbocycles. The number of piperazine rings is 1. The van der Waals surface area contributed by atoms with E-state index >= 15 is 0 Å². The molecule has 0 amide bonds. The third kappa shape index (κ3) is 5.81. The van der Waals surface area contributed by atoms with Gasteiger partial charge in [-0.25, -0.2) is 9.18 Å². The fourth-order valence-corrected chi connectivity index (χ4v) is 4.53. The molecule has 0 aromatic heterocycles. The molecular weight excluding hydrogens is 419 g/mol. The molecule has 33 heavy (non-hydrogen) atoms. The Labute approximate surface area is 196 Å². The second kappa shape index (κ2) is 11.4. The molecule has 2 aromatic carbocycles. The van der Waals surface area contributed by atoms with Crippen LogP contribution < -0.4 is 4.74 Å². The lowest BCUT2D eigenvalue weighted by Crippen LogP contribution is -2.48. The Kier molecular flexibility index (Phi) is 8.64. The molecule has 0 bridgehead atoms. The van der Waals surface area contributed by atoms with E-state index in [1.807, 2.05) is 12.1 Å². The van der Waals surface area contributed by atoms with Gasteiger partial charge in [0.1, 0.15) is 12.4 Å². The molecule has 0 spiro atoms. The SMILES string of the molecule is CC/C=C\c1c(C)c(C)cc(OC)c1CN1CCN(CCF)CC1c1ccc(C(=O)O)cc1. The van der Waals surface area contributed by atoms with Crippen molar-refractivity contribution in [2.75, 3.05) is 40.0 Å². The number of allylic oxidation sites excluding steroid dienone is 1. The molecule has 1 saturated heterocycles. The van der Waals surface area contributed by atoms with Gasteiger partial charge in [-0.15, -0.1) is 0 Å². The third-order valence-corrected chi connectivity index (χ3v) is 6.59. The van der Waals surface area contributed by atoms with Crippen LogP contribution in [0.3, 0.4) is 0 Å². The van der Waals surface area contributed by atoms with Crippen LogP contribution in [-0.2, 0) is 6.54 Å². The number of benzene rings is 2. The van der Waals surface area contributed by atoms with E-state index in [4.69, 9.17) is 4.74 Å². The van der Waals surface area contributed by atoms with Crippen molar-refractivity contribution >= 4 is 12.0 Å². The number of rotatable bonds is 9. The Morgan fingerprint density at radius 1 is 1.24 bits per heavy atom. The average molecular weight is 455 g/mol. The van der Waals surface area contributed by atoms with E-state index in [9.17, 15) is 14.3 Å². The summed E-state index contributed by atoms with van der Waals surface area (Å²) >= 11 is 0. The topological polar surface area (TPSA) is 53.0 Å². The number of hydrogen-bond acceptors (Lipinski definition) is 4. The number of nitrogens with zero attached hydrogens (tertiary/aromatic N) is 2. The lowest BCUT2D eigenvalue weighted by Gasteiger charge is -2.42. The second-order valence-corrected chi connectivity index (χ2v) is 8.63. The predicted octanol–water partition coefficient (Wildman–Crippen LogP) is 5.26. The molecule has 1 atom stereocenters. The van der Waals surface area contributed by atoms with Gasteiger partial charge in [-0.3, -0.25) is 9.80 Å². The Hall–Kier alpha value is -2.70. The Morgan fingerprint density at radius 3 is 2.58 bits per heavy atom. The summed E-state index contributed by atoms with van der Waals surface area (Å²) in [7, 11) is 1.71. The highest BCUT2D eigenvalue weighted by Gasteiger charge is 2.30. The zero-order valence-electron chi connectivity index (χ0n) is 20.1. The quantitative estimate of drug-likeness (QED) is 0.560. The number of carboxylic acid groups (broad SMARTS) is 1. The smallest absolute Gasteiger partial charge is 0.335 e. The van der Waals surface area contributed by atoms with Gasteiger partial charge in [0.05, 0.1) is 12.7 Å². The number of ether oxygens (including phenoxy) is 1. The second-order valence-electron chi connectivity index (χ2n) is 8.63. The van der Waals surface area contributed by atoms with Crippen molar-refractivity contribution in [1.29, 1.82) is 0 Å². The number of aryl methyl sites for hydroxylation is 1. The highest BCUT2D eigenvalue weighted by molar-refractivity contribution is 5.87. The number of alkyl halides is 1. The van der Waals surface area contributed by atoms with Gasteiger partial charge in [-0.05, 0) is 60.7 Å². The van der Waals surface area contributed by atoms with E-state index < -0.39 is 5.97 Å². The molecule has 5 nitrogen and oxygen atoms in total. The zero-order chi connectivity index (χ0) is 24.0. The molecule has 2 aromatic rings. The minimum Gasteiger partial charge on any atom is -0.496 e. The summed E-state index contributed by atoms with van der Waals surface area (Å²) in [5.41, 5.74) is 6.09. The monoisotopic (exact) mass is 454 g/mol. The average Bonchev–Trinajstić information content (AvgIpc) is 2.82. The molecule has 6 heteroatoms. The maximum absolute atomic E-state index is 13.1. The van der Waals surface area contributed by atoms with Gasteiger partial charge < -0.3 is 9.84 Å². The van der Waals surface area contributed by atoms with E-state index in [0.717, 1.165) is 36.4 Å². The van der Waals surface area contributed by atoms with E-state index in [-0.39, 0.29) is 18.3 Å². The first-order valence-corrected chi connectivity index (χ1v) is 11.6. The van der Waals surface area contributed by atoms with Crippen LogP contribution in [0, 0.1) is 13.8 Å². The fraction of sp³-hybridized carbons (Fsp3) is 0.444. The highest BCUT2D eigenvalue weighted by Crippen LogP contribution is 2.34. The van der Waals surface area contributed by atoms with Gasteiger partial charge in [0.2, 0.25) is 0 Å². The van der Waals surface area contributed by atoms with Crippen LogP contribution in [0.2, 0.25) is 0 Å². The van der Waals surface area contributed by atoms with Crippen LogP contribution in [0.1, 0.15) is 57.6 Å². The molecule has 178 valence electrons. The van der Waals surface area contributed by atoms with E-state index in [1.54, 1.807) is 19.2 Å². The summed E-state index contributed by atoms with van der Waals surface area (Å²) in [4.78, 5) is 15.8. The van der Waals surface area contributed by atoms with Gasteiger partial charge in [0.15, 0.2) is 0 Å². The molecular formula is C27H35FN2O3. The van der Waals surface area contributed by atoms with Crippen LogP contribution in [0.15, 0.2) is 36.4 Å². The standard InChI is InChI=1S/C27H35FN2O3/c1-5-6-7-23-20(3)19(2)16-26(33-4)24(23)17-30-15-14-29(13-12-28)18-25(30)21-8-10-22(11-9-21)27(31)32/h6-11,16,25H,5,12-15,17-18H2,1-4H3,(H,31,32)/b7-6-. The first kappa shape index (κ1) is 24.9. The summed E-state index contributed by atoms with van der Waals surface area (Å²) in [5.74, 6) is -0.0617. The highest BCUT2D eigenvalue weighted by atomic mass is 19.1. The van der Waals surface area contributed by atoms with Gasteiger partial charge in [0.25, 0.3) is 0 Å². The number of carboxylic acids is 1. The number of methoxy groups -OCH3 is 1. The van der Waals surface area contributed by atoms with Crippen LogP contribution in [0.5, 0.6) is 5.75 Å². The molecule has 1 heterocycles. The Morgan fingerprint density at radius 2 is 1.97 bits per heavy atom. The summed E-state index contributed by atoms with van der Waals surface area (Å²) < 4.78 is 18.9. The summed E-state index contributed by atoms with van der Waals surface area (Å²) in [6.45, 7) is 9.39. The largest absolute Gasteiger partial charge is 0.496 e. The zero-order valence-corrected chi connectivity index (χ0v) is 20.1. The molecule has 1 aliphatic heterocycles. The first-order chi connectivity index (χ1) is 15.9. The lowest BCUT2D eigenvalue weighted by atomic mass is 9.94. The van der Waals surface area contributed by atoms with Gasteiger partial charge >= 0.3 is 5.97 Å². The maximum Gasteiger partial charge on any atom is 0.335 e. The van der Waals surface area contributed by atoms with Crippen molar-refractivity contribution in [3.63, 3.8) is 0 Å². The number of carbonyl (C=O) groups is 1. The molecule has 3 rings (SSSR count). The number of halogens is 1. The Bertz CT molecular complexity index is 988. The Balaban J connectivity index is 2.00. The molecule has 0 aliphatic carbocycles. The molecule has 1 fully saturated rings. The van der Waals surface area contributed by atoms with Gasteiger partial charge in [-0.1, -0.05) is 31.2 Å². The number of aromatic carboxylic acids is 1. The van der Waals surface area contributed by atoms with Crippen LogP contribution in [0.25, 0.3) is 6.08 Å². The third-order valence-electron chi connectivity index (χ3n) is 6.59. The van der Waals surface area contributed by atoms with Crippen molar-refractivity contribution in [3.8, 4) is 5.75 Å². The summed E-state index contributed by atoms with van der Waals surface area (Å²) in [5, 5.41) is 9.27. The van der Waals surface area contributed by atoms with Crippen LogP contribution in [0.4, 0.5) is 4.39 Å². The van der Waals surface area contributed by atoms with Gasteiger partial charge in [-0.2, -0.15) is 0 Å². The van der Waals surface area contributed by atoms with Crippen molar-refractivity contribution in [1.82, 2.24) is 9.80 Å². The van der Waals surface area contributed by atoms with Crippen LogP contribution in [-0.4, -0.2) is 60.8 Å². The minimum absolute atomic E-state index is 0.0301. The maximum atomic E-state index is 13.1. The van der Waals surface area contributed by atoms with Crippen molar-refractivity contribution in [2.24, 2.45) is 0 Å². The van der Waals surface area contributed by atoms with Crippen molar-refractivity contribution < 1.29 is 19.0 Å². The molecule has 1 aliphatic rings. The fourth-order valence-electron chi connectivity index (χ4n) is 4.53. The normalized spacial score (nSPS) is 17.5. The lowest BCUT2D eigenvalue weighted by molar-refractivity contribution is 0.0637. The molecule has 1 unspecified atom stereocenters. The van der Waals surface area contributed by atoms with Crippen molar-refractivity contribution in [2.45, 2.75) is 39.8 Å². The molecule has 0 radical (unpaired) electrons. The van der Waals surface area contributed by atoms with E-state index in [2.05, 4.69) is 48.8 Å². The van der Waals surface area contributed by atoms with E-state index in [0.29, 0.717) is 19.6 Å². The van der Waals surface area contributed by atoms with Gasteiger partial charge in [0, 0.05) is 44.3 Å². The molecule has 1 N–H and O–H groups in total. The van der Waals surface area contributed by atoms with Crippen molar-refractivity contribution in [3.05, 3.63) is 69.8 Å². The first-order valence-electron chi connectivity index (χ1n) is 11.6. The van der Waals surface area contributed by atoms with E-state index in [1.165, 1.54) is 16.7 Å². The number of hydrogen-bond donors (Lipinski definition) is 1. The van der Waals surface area contributed by atoms with Crippen LogP contribution >= 0.6 is 0 Å².